The van der Waals surface area contributed by atoms with Gasteiger partial charge in [0.05, 0.1) is 0 Å². The first-order valence-corrected chi connectivity index (χ1v) is 6.44. The predicted octanol–water partition coefficient (Wildman–Crippen LogP) is 2.85. The summed E-state index contributed by atoms with van der Waals surface area (Å²) in [5.41, 5.74) is 1.75. The highest BCUT2D eigenvalue weighted by Crippen LogP contribution is 2.45. The molecule has 0 spiro atoms. The van der Waals surface area contributed by atoms with Gasteiger partial charge in [-0.15, -0.1) is 0 Å². The topological polar surface area (TPSA) is 27.7 Å². The van der Waals surface area contributed by atoms with Crippen LogP contribution in [0.25, 0.3) is 0 Å². The highest BCUT2D eigenvalue weighted by atomic mass is 16.8. The van der Waals surface area contributed by atoms with E-state index >= 15 is 0 Å². The van der Waals surface area contributed by atoms with E-state index in [4.69, 9.17) is 14.2 Å². The second-order valence-corrected chi connectivity index (χ2v) is 4.92. The molecular weight excluding hydrogens is 240 g/mol. The molecule has 3 heteroatoms. The van der Waals surface area contributed by atoms with Gasteiger partial charge >= 0.3 is 0 Å². The van der Waals surface area contributed by atoms with Gasteiger partial charge < -0.3 is 14.2 Å². The van der Waals surface area contributed by atoms with Crippen LogP contribution in [0.15, 0.2) is 54.6 Å². The zero-order valence-electron chi connectivity index (χ0n) is 10.4. The molecular formula is C16H14O3. The van der Waals surface area contributed by atoms with Crippen LogP contribution in [0.2, 0.25) is 0 Å². The maximum Gasteiger partial charge on any atom is 0.235 e. The zero-order valence-corrected chi connectivity index (χ0v) is 10.4. The molecule has 2 aromatic carbocycles. The SMILES string of the molecule is c1ccc(C23Cc4ccccc4OC2OCO3)cc1. The Kier molecular flexibility index (Phi) is 2.37. The molecule has 2 aliphatic heterocycles. The van der Waals surface area contributed by atoms with Crippen molar-refractivity contribution in [2.45, 2.75) is 18.3 Å². The molecule has 3 nitrogen and oxygen atoms in total. The van der Waals surface area contributed by atoms with Crippen molar-refractivity contribution < 1.29 is 14.2 Å². The molecule has 0 bridgehead atoms. The zero-order chi connectivity index (χ0) is 12.7. The summed E-state index contributed by atoms with van der Waals surface area (Å²) in [4.78, 5) is 0. The Balaban J connectivity index is 1.83. The Labute approximate surface area is 111 Å². The van der Waals surface area contributed by atoms with Crippen molar-refractivity contribution in [3.63, 3.8) is 0 Å². The van der Waals surface area contributed by atoms with E-state index in [1.807, 2.05) is 36.4 Å². The Morgan fingerprint density at radius 3 is 2.63 bits per heavy atom. The summed E-state index contributed by atoms with van der Waals surface area (Å²) in [6.07, 6.45) is 0.405. The number of fused-ring (bicyclic) bond motifs is 2. The van der Waals surface area contributed by atoms with E-state index in [0.29, 0.717) is 0 Å². The van der Waals surface area contributed by atoms with Crippen molar-refractivity contribution in [3.8, 4) is 5.75 Å². The maximum absolute atomic E-state index is 5.97. The highest BCUT2D eigenvalue weighted by Gasteiger charge is 2.52. The van der Waals surface area contributed by atoms with Gasteiger partial charge in [-0.2, -0.15) is 0 Å². The smallest absolute Gasteiger partial charge is 0.235 e. The number of hydrogen-bond donors (Lipinski definition) is 0. The minimum Gasteiger partial charge on any atom is -0.461 e. The Hall–Kier alpha value is -1.84. The number of benzene rings is 2. The van der Waals surface area contributed by atoms with Crippen LogP contribution in [-0.4, -0.2) is 13.1 Å². The van der Waals surface area contributed by atoms with Gasteiger partial charge in [0.1, 0.15) is 5.75 Å². The van der Waals surface area contributed by atoms with Crippen molar-refractivity contribution in [3.05, 3.63) is 65.7 Å². The molecule has 0 aliphatic carbocycles. The molecule has 4 rings (SSSR count). The molecule has 0 N–H and O–H groups in total. The lowest BCUT2D eigenvalue weighted by Gasteiger charge is -2.37. The largest absolute Gasteiger partial charge is 0.461 e. The van der Waals surface area contributed by atoms with Crippen LogP contribution < -0.4 is 4.74 Å². The summed E-state index contributed by atoms with van der Waals surface area (Å²) in [5.74, 6) is 0.893. The van der Waals surface area contributed by atoms with Gasteiger partial charge in [-0.05, 0) is 17.2 Å². The van der Waals surface area contributed by atoms with Gasteiger partial charge in [-0.25, -0.2) is 0 Å². The molecule has 2 aromatic rings. The van der Waals surface area contributed by atoms with E-state index in [2.05, 4.69) is 18.2 Å². The van der Waals surface area contributed by atoms with Gasteiger partial charge in [0.25, 0.3) is 0 Å². The van der Waals surface area contributed by atoms with Crippen LogP contribution in [0.4, 0.5) is 0 Å². The lowest BCUT2D eigenvalue weighted by Crippen LogP contribution is -2.45. The third kappa shape index (κ3) is 1.59. The van der Waals surface area contributed by atoms with Crippen molar-refractivity contribution in [1.29, 1.82) is 0 Å². The number of para-hydroxylation sites is 1. The summed E-state index contributed by atoms with van der Waals surface area (Å²) in [5, 5.41) is 0. The van der Waals surface area contributed by atoms with E-state index in [-0.39, 0.29) is 13.1 Å². The molecule has 2 aliphatic rings. The molecule has 1 fully saturated rings. The van der Waals surface area contributed by atoms with Gasteiger partial charge in [-0.3, -0.25) is 0 Å². The van der Waals surface area contributed by atoms with E-state index in [1.54, 1.807) is 0 Å². The first kappa shape index (κ1) is 11.0. The molecule has 2 heterocycles. The molecule has 0 amide bonds. The van der Waals surface area contributed by atoms with Crippen LogP contribution in [0.1, 0.15) is 11.1 Å². The summed E-state index contributed by atoms with van der Waals surface area (Å²) in [6.45, 7) is 0.271. The van der Waals surface area contributed by atoms with Crippen molar-refractivity contribution in [1.82, 2.24) is 0 Å². The molecule has 2 unspecified atom stereocenters. The Morgan fingerprint density at radius 1 is 0.947 bits per heavy atom. The van der Waals surface area contributed by atoms with Crippen LogP contribution in [0.3, 0.4) is 0 Å². The van der Waals surface area contributed by atoms with Gasteiger partial charge in [0.2, 0.25) is 6.29 Å². The predicted molar refractivity (Wildman–Crippen MR) is 69.7 cm³/mol. The minimum atomic E-state index is -0.518. The standard InChI is InChI=1S/C16H14O3/c1-2-7-13(8-3-1)16-10-12-6-4-5-9-14(12)19-15(16)17-11-18-16/h1-9,15H,10-11H2. The van der Waals surface area contributed by atoms with E-state index in [0.717, 1.165) is 23.3 Å². The van der Waals surface area contributed by atoms with E-state index < -0.39 is 5.60 Å². The summed E-state index contributed by atoms with van der Waals surface area (Å²) < 4.78 is 17.5. The number of hydrogen-bond acceptors (Lipinski definition) is 3. The van der Waals surface area contributed by atoms with Crippen LogP contribution in [-0.2, 0) is 21.5 Å². The minimum absolute atomic E-state index is 0.271. The second kappa shape index (κ2) is 4.08. The highest BCUT2D eigenvalue weighted by molar-refractivity contribution is 5.40. The van der Waals surface area contributed by atoms with E-state index in [1.165, 1.54) is 0 Å². The fraction of sp³-hybridized carbons (Fsp3) is 0.250. The Morgan fingerprint density at radius 2 is 1.74 bits per heavy atom. The Bertz CT molecular complexity index is 596. The van der Waals surface area contributed by atoms with Gasteiger partial charge in [0.15, 0.2) is 12.4 Å². The average Bonchev–Trinajstić information content (AvgIpc) is 2.89. The first-order valence-electron chi connectivity index (χ1n) is 6.44. The van der Waals surface area contributed by atoms with Gasteiger partial charge in [0, 0.05) is 6.42 Å². The second-order valence-electron chi connectivity index (χ2n) is 4.92. The van der Waals surface area contributed by atoms with Crippen molar-refractivity contribution >= 4 is 0 Å². The fourth-order valence-electron chi connectivity index (χ4n) is 2.87. The third-order valence-electron chi connectivity index (χ3n) is 3.84. The summed E-state index contributed by atoms with van der Waals surface area (Å²) in [7, 11) is 0. The monoisotopic (exact) mass is 254 g/mol. The quantitative estimate of drug-likeness (QED) is 0.783. The molecule has 19 heavy (non-hydrogen) atoms. The van der Waals surface area contributed by atoms with Crippen molar-refractivity contribution in [2.75, 3.05) is 6.79 Å². The number of rotatable bonds is 1. The fourth-order valence-corrected chi connectivity index (χ4v) is 2.87. The summed E-state index contributed by atoms with van der Waals surface area (Å²) >= 11 is 0. The van der Waals surface area contributed by atoms with E-state index in [9.17, 15) is 0 Å². The lowest BCUT2D eigenvalue weighted by molar-refractivity contribution is -0.0990. The molecule has 1 saturated heterocycles. The molecule has 96 valence electrons. The average molecular weight is 254 g/mol. The maximum atomic E-state index is 5.97. The molecule has 0 radical (unpaired) electrons. The normalized spacial score (nSPS) is 28.3. The molecule has 0 saturated carbocycles. The van der Waals surface area contributed by atoms with Gasteiger partial charge in [-0.1, -0.05) is 48.5 Å². The lowest BCUT2D eigenvalue weighted by atomic mass is 9.84. The van der Waals surface area contributed by atoms with Crippen molar-refractivity contribution in [2.24, 2.45) is 0 Å². The van der Waals surface area contributed by atoms with Crippen LogP contribution in [0.5, 0.6) is 5.75 Å². The molecule has 0 aromatic heterocycles. The third-order valence-corrected chi connectivity index (χ3v) is 3.84. The summed E-state index contributed by atoms with van der Waals surface area (Å²) in [6, 6.07) is 18.2. The van der Waals surface area contributed by atoms with Crippen LogP contribution in [0, 0.1) is 0 Å². The molecule has 2 atom stereocenters. The van der Waals surface area contributed by atoms with Crippen LogP contribution >= 0.6 is 0 Å². The first-order chi connectivity index (χ1) is 9.38. The number of ether oxygens (including phenoxy) is 3.